The summed E-state index contributed by atoms with van der Waals surface area (Å²) in [6.45, 7) is 6.66. The first kappa shape index (κ1) is 19.1. The number of hydrogen-bond acceptors (Lipinski definition) is 3. The van der Waals surface area contributed by atoms with Gasteiger partial charge in [-0.1, -0.05) is 23.7 Å². The summed E-state index contributed by atoms with van der Waals surface area (Å²) in [7, 11) is 0. The molecule has 28 heavy (non-hydrogen) atoms. The molecule has 0 spiro atoms. The zero-order valence-electron chi connectivity index (χ0n) is 15.8. The van der Waals surface area contributed by atoms with Crippen LogP contribution in [-0.4, -0.2) is 51.8 Å². The Morgan fingerprint density at radius 3 is 2.50 bits per heavy atom. The monoisotopic (exact) mass is 403 g/mol. The Kier molecular flexibility index (Phi) is 6.00. The largest absolute Gasteiger partial charge is 0.486 e. The second-order valence-corrected chi connectivity index (χ2v) is 7.83. The van der Waals surface area contributed by atoms with Crippen molar-refractivity contribution in [2.75, 3.05) is 51.3 Å². The second kappa shape index (κ2) is 8.82. The summed E-state index contributed by atoms with van der Waals surface area (Å²) in [5.41, 5.74) is 2.01. The van der Waals surface area contributed by atoms with Gasteiger partial charge in [-0.25, -0.2) is 0 Å². The van der Waals surface area contributed by atoms with E-state index in [9.17, 15) is 4.79 Å². The number of anilines is 1. The average molecular weight is 404 g/mol. The number of halogens is 1. The third-order valence-electron chi connectivity index (χ3n) is 5.24. The number of hydrogen-bond donors (Lipinski definition) is 3. The van der Waals surface area contributed by atoms with Crippen LogP contribution in [0.2, 0.25) is 5.02 Å². The molecule has 1 fully saturated rings. The Labute approximate surface area is 170 Å². The summed E-state index contributed by atoms with van der Waals surface area (Å²) in [5, 5.41) is 3.77. The lowest BCUT2D eigenvalue weighted by atomic mass is 10.2. The van der Waals surface area contributed by atoms with E-state index in [1.807, 2.05) is 36.4 Å². The summed E-state index contributed by atoms with van der Waals surface area (Å²) >= 11 is 6.08. The van der Waals surface area contributed by atoms with E-state index >= 15 is 0 Å². The van der Waals surface area contributed by atoms with Gasteiger partial charge in [-0.3, -0.25) is 4.79 Å². The molecule has 0 radical (unpaired) electrons. The van der Waals surface area contributed by atoms with Crippen LogP contribution in [0.1, 0.15) is 5.56 Å². The van der Waals surface area contributed by atoms with Crippen molar-refractivity contribution in [3.63, 3.8) is 0 Å². The van der Waals surface area contributed by atoms with E-state index in [1.54, 1.807) is 4.90 Å². The number of quaternary nitrogens is 2. The molecule has 2 aliphatic rings. The molecule has 6 nitrogen and oxygen atoms in total. The van der Waals surface area contributed by atoms with E-state index in [0.717, 1.165) is 49.2 Å². The third-order valence-corrected chi connectivity index (χ3v) is 5.48. The first-order chi connectivity index (χ1) is 13.7. The number of carbonyl (C=O) groups is 1. The highest BCUT2D eigenvalue weighted by Crippen LogP contribution is 2.32. The topological polar surface area (TPSA) is 56.4 Å². The number of carbonyl (C=O) groups excluding carboxylic acids is 1. The molecule has 7 heteroatoms. The second-order valence-electron chi connectivity index (χ2n) is 7.39. The van der Waals surface area contributed by atoms with Crippen LogP contribution in [0.25, 0.3) is 0 Å². The van der Waals surface area contributed by atoms with Crippen molar-refractivity contribution in [3.05, 3.63) is 53.1 Å². The van der Waals surface area contributed by atoms with Gasteiger partial charge in [-0.15, -0.1) is 0 Å². The molecule has 2 heterocycles. The van der Waals surface area contributed by atoms with E-state index in [1.165, 1.54) is 10.5 Å². The van der Waals surface area contributed by atoms with Crippen LogP contribution < -0.4 is 24.6 Å². The maximum Gasteiger partial charge on any atom is 0.279 e. The summed E-state index contributed by atoms with van der Waals surface area (Å²) in [5.74, 6) is 1.45. The van der Waals surface area contributed by atoms with Gasteiger partial charge < -0.3 is 24.6 Å². The van der Waals surface area contributed by atoms with Gasteiger partial charge in [-0.2, -0.15) is 0 Å². The van der Waals surface area contributed by atoms with Crippen LogP contribution in [-0.2, 0) is 11.3 Å². The van der Waals surface area contributed by atoms with Gasteiger partial charge in [-0.05, 0) is 24.3 Å². The third kappa shape index (κ3) is 4.95. The quantitative estimate of drug-likeness (QED) is 0.660. The normalized spacial score (nSPS) is 21.2. The highest BCUT2D eigenvalue weighted by molar-refractivity contribution is 6.30. The first-order valence-corrected chi connectivity index (χ1v) is 10.1. The van der Waals surface area contributed by atoms with Crippen molar-refractivity contribution < 1.29 is 24.1 Å². The van der Waals surface area contributed by atoms with Crippen molar-refractivity contribution in [1.82, 2.24) is 0 Å². The molecular weight excluding hydrogens is 378 g/mol. The van der Waals surface area contributed by atoms with E-state index in [0.29, 0.717) is 25.5 Å². The lowest BCUT2D eigenvalue weighted by Crippen LogP contribution is -3.28. The molecule has 3 N–H and O–H groups in total. The van der Waals surface area contributed by atoms with Crippen molar-refractivity contribution >= 4 is 23.2 Å². The molecule has 1 amide bonds. The fourth-order valence-corrected chi connectivity index (χ4v) is 4.01. The molecule has 2 aliphatic heterocycles. The zero-order chi connectivity index (χ0) is 19.3. The molecule has 4 rings (SSSR count). The first-order valence-electron chi connectivity index (χ1n) is 9.77. The highest BCUT2D eigenvalue weighted by Gasteiger charge is 2.25. The van der Waals surface area contributed by atoms with Crippen molar-refractivity contribution in [1.29, 1.82) is 0 Å². The van der Waals surface area contributed by atoms with Crippen molar-refractivity contribution in [2.24, 2.45) is 0 Å². The fraction of sp³-hybridized carbons (Fsp3) is 0.381. The predicted molar refractivity (Wildman–Crippen MR) is 107 cm³/mol. The number of nitrogens with one attached hydrogen (secondary N) is 3. The fourth-order valence-electron chi connectivity index (χ4n) is 3.80. The van der Waals surface area contributed by atoms with Crippen molar-refractivity contribution in [2.45, 2.75) is 6.54 Å². The van der Waals surface area contributed by atoms with Crippen LogP contribution in [0.3, 0.4) is 0 Å². The molecule has 1 saturated heterocycles. The van der Waals surface area contributed by atoms with Gasteiger partial charge in [0, 0.05) is 22.3 Å². The van der Waals surface area contributed by atoms with E-state index in [-0.39, 0.29) is 5.91 Å². The summed E-state index contributed by atoms with van der Waals surface area (Å²) < 4.78 is 11.1. The summed E-state index contributed by atoms with van der Waals surface area (Å²) in [6.07, 6.45) is 0. The van der Waals surface area contributed by atoms with Gasteiger partial charge in [0.25, 0.3) is 5.91 Å². The van der Waals surface area contributed by atoms with Gasteiger partial charge in [0.1, 0.15) is 45.9 Å². The van der Waals surface area contributed by atoms with E-state index < -0.39 is 0 Å². The lowest BCUT2D eigenvalue weighted by molar-refractivity contribution is -1.02. The number of piperazine rings is 1. The Bertz CT molecular complexity index is 837. The Hall–Kier alpha value is -2.28. The number of fused-ring (bicyclic) bond motifs is 1. The van der Waals surface area contributed by atoms with E-state index in [2.05, 4.69) is 11.4 Å². The van der Waals surface area contributed by atoms with Crippen LogP contribution in [0.4, 0.5) is 5.69 Å². The molecular formula is C21H26ClN3O3+2. The number of amides is 1. The Morgan fingerprint density at radius 1 is 0.964 bits per heavy atom. The molecule has 0 aliphatic carbocycles. The number of rotatable bonds is 5. The molecule has 0 aromatic heterocycles. The maximum absolute atomic E-state index is 12.4. The number of benzene rings is 2. The molecule has 0 bridgehead atoms. The SMILES string of the molecule is O=C(C[NH+]1CC[NH+](Cc2cccc(Cl)c2)CC1)Nc1ccc2c(c1)OCCO2. The van der Waals surface area contributed by atoms with E-state index in [4.69, 9.17) is 21.1 Å². The predicted octanol–water partition coefficient (Wildman–Crippen LogP) is 0.0333. The van der Waals surface area contributed by atoms with Gasteiger partial charge in [0.15, 0.2) is 18.0 Å². The molecule has 2 aromatic carbocycles. The number of ether oxygens (including phenoxy) is 2. The van der Waals surface area contributed by atoms with Crippen LogP contribution in [0.15, 0.2) is 42.5 Å². The van der Waals surface area contributed by atoms with Gasteiger partial charge in [0.2, 0.25) is 0 Å². The minimum atomic E-state index is 0.0324. The lowest BCUT2D eigenvalue weighted by Gasteiger charge is -2.29. The van der Waals surface area contributed by atoms with Gasteiger partial charge >= 0.3 is 0 Å². The molecule has 148 valence electrons. The highest BCUT2D eigenvalue weighted by atomic mass is 35.5. The zero-order valence-corrected chi connectivity index (χ0v) is 16.6. The minimum absolute atomic E-state index is 0.0324. The molecule has 0 saturated carbocycles. The summed E-state index contributed by atoms with van der Waals surface area (Å²) in [4.78, 5) is 15.3. The Morgan fingerprint density at radius 2 is 1.71 bits per heavy atom. The van der Waals surface area contributed by atoms with Crippen molar-refractivity contribution in [3.8, 4) is 11.5 Å². The Balaban J connectivity index is 1.24. The summed E-state index contributed by atoms with van der Waals surface area (Å²) in [6, 6.07) is 13.6. The average Bonchev–Trinajstić information content (AvgIpc) is 2.69. The van der Waals surface area contributed by atoms with Crippen LogP contribution >= 0.6 is 11.6 Å². The van der Waals surface area contributed by atoms with Crippen LogP contribution in [0, 0.1) is 0 Å². The maximum atomic E-state index is 12.4. The molecule has 0 atom stereocenters. The van der Waals surface area contributed by atoms with Crippen LogP contribution in [0.5, 0.6) is 11.5 Å². The molecule has 0 unspecified atom stereocenters. The van der Waals surface area contributed by atoms with Gasteiger partial charge in [0.05, 0.1) is 0 Å². The molecule has 2 aromatic rings. The smallest absolute Gasteiger partial charge is 0.279 e. The minimum Gasteiger partial charge on any atom is -0.486 e. The standard InChI is InChI=1S/C21H24ClN3O3/c22-17-3-1-2-16(12-17)14-24-6-8-25(9-7-24)15-21(26)23-18-4-5-19-20(13-18)28-11-10-27-19/h1-5,12-13H,6-11,14-15H2,(H,23,26)/p+2.